The second kappa shape index (κ2) is 12.6. The molecule has 170 valence electrons. The van der Waals surface area contributed by atoms with Crippen LogP contribution in [0.3, 0.4) is 0 Å². The summed E-state index contributed by atoms with van der Waals surface area (Å²) in [5, 5.41) is 7.34. The monoisotopic (exact) mass is 429 g/mol. The zero-order chi connectivity index (χ0) is 22.6. The van der Waals surface area contributed by atoms with Crippen molar-refractivity contribution in [1.29, 1.82) is 0 Å². The lowest BCUT2D eigenvalue weighted by atomic mass is 9.98. The largest absolute Gasteiger partial charge is 0.474 e. The first-order valence-corrected chi connectivity index (χ1v) is 10.9. The van der Waals surface area contributed by atoms with Gasteiger partial charge in [0.15, 0.2) is 5.70 Å². The normalized spacial score (nSPS) is 14.9. The first-order chi connectivity index (χ1) is 15.0. The fourth-order valence-corrected chi connectivity index (χ4v) is 3.24. The molecule has 1 fully saturated rings. The number of aromatic nitrogens is 2. The van der Waals surface area contributed by atoms with Gasteiger partial charge < -0.3 is 20.6 Å². The van der Waals surface area contributed by atoms with Gasteiger partial charge >= 0.3 is 5.97 Å². The molecule has 31 heavy (non-hydrogen) atoms. The van der Waals surface area contributed by atoms with E-state index >= 15 is 0 Å². The van der Waals surface area contributed by atoms with Gasteiger partial charge in [0.2, 0.25) is 5.88 Å². The number of carbonyl (C=O) groups is 1. The van der Waals surface area contributed by atoms with E-state index in [0.717, 1.165) is 36.9 Å². The Bertz CT molecular complexity index is 827. The number of ether oxygens (including phenoxy) is 2. The summed E-state index contributed by atoms with van der Waals surface area (Å²) in [6.45, 7) is 6.29. The lowest BCUT2D eigenvalue weighted by Crippen LogP contribution is -2.33. The van der Waals surface area contributed by atoms with Crippen LogP contribution in [-0.2, 0) is 14.3 Å². The summed E-state index contributed by atoms with van der Waals surface area (Å²) >= 11 is 0. The maximum Gasteiger partial charge on any atom is 0.361 e. The lowest BCUT2D eigenvalue weighted by molar-refractivity contribution is -0.139. The number of nitrogens with two attached hydrogens (primary N) is 2. The van der Waals surface area contributed by atoms with Gasteiger partial charge in [-0.1, -0.05) is 50.6 Å². The van der Waals surface area contributed by atoms with Gasteiger partial charge in [-0.15, -0.1) is 0 Å². The van der Waals surface area contributed by atoms with Crippen LogP contribution >= 0.6 is 0 Å². The predicted octanol–water partition coefficient (Wildman–Crippen LogP) is 3.69. The van der Waals surface area contributed by atoms with Crippen LogP contribution in [0.1, 0.15) is 64.5 Å². The second-order valence-electron chi connectivity index (χ2n) is 7.71. The Labute approximate surface area is 184 Å². The quantitative estimate of drug-likeness (QED) is 0.174. The Kier molecular flexibility index (Phi) is 9.90. The number of benzene rings is 1. The van der Waals surface area contributed by atoms with Gasteiger partial charge in [-0.2, -0.15) is 5.10 Å². The van der Waals surface area contributed by atoms with Crippen molar-refractivity contribution >= 4 is 5.97 Å². The third-order valence-electron chi connectivity index (χ3n) is 5.01. The maximum absolute atomic E-state index is 11.5. The summed E-state index contributed by atoms with van der Waals surface area (Å²) in [4.78, 5) is 11.5. The molecule has 0 amide bonds. The van der Waals surface area contributed by atoms with E-state index in [-0.39, 0.29) is 24.3 Å². The molecule has 0 atom stereocenters. The van der Waals surface area contributed by atoms with Crippen molar-refractivity contribution < 1.29 is 14.3 Å². The molecule has 0 saturated heterocycles. The minimum Gasteiger partial charge on any atom is -0.474 e. The van der Waals surface area contributed by atoms with Gasteiger partial charge in [0.25, 0.3) is 0 Å². The molecule has 2 aromatic rings. The van der Waals surface area contributed by atoms with Crippen molar-refractivity contribution in [3.63, 3.8) is 0 Å². The van der Waals surface area contributed by atoms with Gasteiger partial charge in [0, 0.05) is 11.3 Å². The summed E-state index contributed by atoms with van der Waals surface area (Å²) in [5.74, 6) is 5.16. The number of esters is 1. The van der Waals surface area contributed by atoms with E-state index < -0.39 is 5.97 Å². The number of nitrogens with zero attached hydrogens (tertiary/aromatic N) is 1. The molecule has 1 aromatic carbocycles. The number of rotatable bonds is 7. The van der Waals surface area contributed by atoms with E-state index in [1.54, 1.807) is 6.92 Å². The lowest BCUT2D eigenvalue weighted by Gasteiger charge is -2.23. The number of H-pyrrole nitrogens is 1. The zero-order valence-corrected chi connectivity index (χ0v) is 18.7. The molecule has 8 nitrogen and oxygen atoms in total. The summed E-state index contributed by atoms with van der Waals surface area (Å²) in [7, 11) is 0. The van der Waals surface area contributed by atoms with Crippen molar-refractivity contribution in [2.24, 2.45) is 11.6 Å². The second-order valence-corrected chi connectivity index (χ2v) is 7.71. The summed E-state index contributed by atoms with van der Waals surface area (Å²) in [5.41, 5.74) is 11.3. The van der Waals surface area contributed by atoms with E-state index in [1.807, 2.05) is 18.2 Å². The van der Waals surface area contributed by atoms with Gasteiger partial charge in [-0.05, 0) is 44.6 Å². The highest BCUT2D eigenvalue weighted by Crippen LogP contribution is 2.22. The third-order valence-corrected chi connectivity index (χ3v) is 5.01. The molecule has 1 saturated carbocycles. The van der Waals surface area contributed by atoms with Gasteiger partial charge in [-0.3, -0.25) is 10.9 Å². The molecule has 0 radical (unpaired) electrons. The van der Waals surface area contributed by atoms with Crippen LogP contribution in [0.25, 0.3) is 11.3 Å². The number of aromatic amines is 1. The molecule has 0 spiro atoms. The molecular weight excluding hydrogens is 394 g/mol. The van der Waals surface area contributed by atoms with Crippen LogP contribution in [0.15, 0.2) is 48.0 Å². The van der Waals surface area contributed by atoms with Crippen molar-refractivity contribution in [2.75, 3.05) is 6.61 Å². The molecule has 0 bridgehead atoms. The predicted molar refractivity (Wildman–Crippen MR) is 121 cm³/mol. The van der Waals surface area contributed by atoms with Crippen LogP contribution in [0, 0.1) is 0 Å². The standard InChI is InChI=1S/C12H14N2.C11H21N3O3/c1-9(2)11-8-12(14-13-11)10-6-4-3-5-7-10;1-2-16-11(15)9(14-13)10(12)17-8-6-4-3-5-7-8/h3-9H,1-2H3,(H,13,14);8,14H,2-7,12-13H2,1H3/b;10-9+. The average molecular weight is 430 g/mol. The minimum atomic E-state index is -0.594. The Morgan fingerprint density at radius 1 is 1.23 bits per heavy atom. The number of carbonyl (C=O) groups excluding carboxylic acids is 1. The third kappa shape index (κ3) is 7.64. The number of hydrazine groups is 1. The maximum atomic E-state index is 11.5. The highest BCUT2D eigenvalue weighted by Gasteiger charge is 2.20. The van der Waals surface area contributed by atoms with E-state index in [1.165, 1.54) is 12.1 Å². The molecule has 0 aliphatic heterocycles. The Hall–Kier alpha value is -3.00. The Balaban J connectivity index is 0.000000224. The Morgan fingerprint density at radius 3 is 2.45 bits per heavy atom. The molecule has 8 heteroatoms. The van der Waals surface area contributed by atoms with Crippen molar-refractivity contribution in [1.82, 2.24) is 15.6 Å². The van der Waals surface area contributed by atoms with E-state index in [2.05, 4.69) is 47.7 Å². The van der Waals surface area contributed by atoms with Crippen molar-refractivity contribution in [3.8, 4) is 11.3 Å². The van der Waals surface area contributed by atoms with Gasteiger partial charge in [-0.25, -0.2) is 4.79 Å². The average Bonchev–Trinajstić information content (AvgIpc) is 3.27. The number of nitrogens with one attached hydrogen (secondary N) is 2. The molecule has 3 rings (SSSR count). The Morgan fingerprint density at radius 2 is 1.90 bits per heavy atom. The van der Waals surface area contributed by atoms with Crippen LogP contribution in [0.5, 0.6) is 0 Å². The van der Waals surface area contributed by atoms with Crippen LogP contribution in [-0.4, -0.2) is 28.9 Å². The highest BCUT2D eigenvalue weighted by atomic mass is 16.5. The summed E-state index contributed by atoms with van der Waals surface area (Å²) in [6, 6.07) is 12.3. The summed E-state index contributed by atoms with van der Waals surface area (Å²) < 4.78 is 10.3. The fraction of sp³-hybridized carbons (Fsp3) is 0.478. The first kappa shape index (κ1) is 24.3. The van der Waals surface area contributed by atoms with E-state index in [0.29, 0.717) is 5.92 Å². The minimum absolute atomic E-state index is 0.0119. The van der Waals surface area contributed by atoms with Gasteiger partial charge in [0.05, 0.1) is 12.3 Å². The van der Waals surface area contributed by atoms with Crippen molar-refractivity contribution in [3.05, 3.63) is 53.7 Å². The summed E-state index contributed by atoms with van der Waals surface area (Å²) in [6.07, 6.45) is 5.47. The van der Waals surface area contributed by atoms with E-state index in [9.17, 15) is 4.79 Å². The first-order valence-electron chi connectivity index (χ1n) is 10.9. The molecular formula is C23H35N5O3. The molecule has 0 unspecified atom stereocenters. The molecule has 6 N–H and O–H groups in total. The van der Waals surface area contributed by atoms with Crippen LogP contribution in [0.2, 0.25) is 0 Å². The highest BCUT2D eigenvalue weighted by molar-refractivity contribution is 5.88. The van der Waals surface area contributed by atoms with Crippen LogP contribution in [0.4, 0.5) is 0 Å². The van der Waals surface area contributed by atoms with E-state index in [4.69, 9.17) is 21.1 Å². The topological polar surface area (TPSA) is 128 Å². The zero-order valence-electron chi connectivity index (χ0n) is 18.7. The van der Waals surface area contributed by atoms with Gasteiger partial charge in [0.1, 0.15) is 6.10 Å². The molecule has 1 aromatic heterocycles. The SMILES string of the molecule is CC(C)c1cc(-c2ccccc2)n[nH]1.CCOC(=O)/C(NN)=C(/N)OC1CCCCC1. The molecule has 1 aliphatic carbocycles. The number of hydrogen-bond donors (Lipinski definition) is 4. The molecule has 1 aliphatic rings. The number of hydrogen-bond acceptors (Lipinski definition) is 7. The fourth-order valence-electron chi connectivity index (χ4n) is 3.24. The molecule has 1 heterocycles. The van der Waals surface area contributed by atoms with Crippen LogP contribution < -0.4 is 17.0 Å². The van der Waals surface area contributed by atoms with Crippen molar-refractivity contribution in [2.45, 2.75) is 64.9 Å². The smallest absolute Gasteiger partial charge is 0.361 e.